The van der Waals surface area contributed by atoms with Gasteiger partial charge in [-0.05, 0) is 54.3 Å². The molecule has 2 aromatic carbocycles. The van der Waals surface area contributed by atoms with E-state index < -0.39 is 5.91 Å². The van der Waals surface area contributed by atoms with E-state index >= 15 is 0 Å². The zero-order chi connectivity index (χ0) is 24.5. The van der Waals surface area contributed by atoms with Gasteiger partial charge < -0.3 is 14.8 Å². The molecule has 1 fully saturated rings. The molecule has 2 atom stereocenters. The summed E-state index contributed by atoms with van der Waals surface area (Å²) in [6.07, 6.45) is 2.58. The van der Waals surface area contributed by atoms with Crippen molar-refractivity contribution in [2.24, 2.45) is 5.92 Å². The molecule has 3 heterocycles. The van der Waals surface area contributed by atoms with Gasteiger partial charge >= 0.3 is 0 Å². The number of hydrogen-bond acceptors (Lipinski definition) is 3. The molecule has 2 bridgehead atoms. The highest BCUT2D eigenvalue weighted by atomic mass is 35.5. The van der Waals surface area contributed by atoms with Crippen molar-refractivity contribution in [1.82, 2.24) is 14.8 Å². The molecule has 1 saturated heterocycles. The Kier molecular flexibility index (Phi) is 6.50. The van der Waals surface area contributed by atoms with Crippen LogP contribution >= 0.6 is 23.2 Å². The number of nitrogens with one attached hydrogen (secondary N) is 1. The molecular weight excluding hydrogens is 485 g/mol. The lowest BCUT2D eigenvalue weighted by molar-refractivity contribution is -0.130. The van der Waals surface area contributed by atoms with Crippen LogP contribution in [0, 0.1) is 5.92 Å². The molecular formula is C27H23Cl2N3O3. The summed E-state index contributed by atoms with van der Waals surface area (Å²) >= 11 is 12.2. The van der Waals surface area contributed by atoms with Gasteiger partial charge in [-0.25, -0.2) is 0 Å². The van der Waals surface area contributed by atoms with E-state index in [0.29, 0.717) is 29.7 Å². The Hall–Kier alpha value is -3.35. The number of carbonyl (C=O) groups excluding carboxylic acids is 2. The van der Waals surface area contributed by atoms with Gasteiger partial charge in [-0.3, -0.25) is 14.4 Å². The van der Waals surface area contributed by atoms with E-state index in [1.807, 2.05) is 10.6 Å². The Balaban J connectivity index is 1.45. The van der Waals surface area contributed by atoms with Crippen molar-refractivity contribution in [3.63, 3.8) is 0 Å². The minimum atomic E-state index is -0.460. The summed E-state index contributed by atoms with van der Waals surface area (Å²) in [6, 6.07) is 19.0. The molecule has 178 valence electrons. The van der Waals surface area contributed by atoms with Crippen LogP contribution in [0.4, 0.5) is 0 Å². The summed E-state index contributed by atoms with van der Waals surface area (Å²) in [7, 11) is 0. The minimum Gasteiger partial charge on any atom is -0.336 e. The number of halogens is 2. The lowest BCUT2D eigenvalue weighted by Gasteiger charge is -2.43. The Morgan fingerprint density at radius 1 is 0.914 bits per heavy atom. The van der Waals surface area contributed by atoms with E-state index in [0.717, 1.165) is 17.7 Å². The van der Waals surface area contributed by atoms with Crippen LogP contribution in [0.25, 0.3) is 6.08 Å². The highest BCUT2D eigenvalue weighted by molar-refractivity contribution is 6.34. The van der Waals surface area contributed by atoms with Crippen LogP contribution in [0.1, 0.15) is 34.0 Å². The van der Waals surface area contributed by atoms with Crippen LogP contribution < -0.4 is 10.9 Å². The van der Waals surface area contributed by atoms with Crippen LogP contribution in [-0.2, 0) is 11.3 Å². The van der Waals surface area contributed by atoms with Gasteiger partial charge in [0.15, 0.2) is 0 Å². The van der Waals surface area contributed by atoms with E-state index in [1.54, 1.807) is 71.6 Å². The Labute approximate surface area is 212 Å². The first-order valence-corrected chi connectivity index (χ1v) is 12.2. The summed E-state index contributed by atoms with van der Waals surface area (Å²) in [5.74, 6) is -0.502. The maximum Gasteiger partial charge on any atom is 0.270 e. The Morgan fingerprint density at radius 3 is 2.46 bits per heavy atom. The van der Waals surface area contributed by atoms with Crippen LogP contribution in [0.5, 0.6) is 0 Å². The van der Waals surface area contributed by atoms with E-state index in [9.17, 15) is 14.4 Å². The Morgan fingerprint density at radius 2 is 1.69 bits per heavy atom. The van der Waals surface area contributed by atoms with Gasteiger partial charge in [0.1, 0.15) is 5.70 Å². The van der Waals surface area contributed by atoms with E-state index in [-0.39, 0.29) is 34.6 Å². The number of carbonyl (C=O) groups is 2. The monoisotopic (exact) mass is 507 g/mol. The smallest absolute Gasteiger partial charge is 0.270 e. The number of fused-ring (bicyclic) bond motifs is 4. The van der Waals surface area contributed by atoms with Gasteiger partial charge in [0.2, 0.25) is 0 Å². The van der Waals surface area contributed by atoms with Crippen LogP contribution in [-0.4, -0.2) is 34.4 Å². The quantitative estimate of drug-likeness (QED) is 0.525. The number of likely N-dealkylation sites (tertiary alicyclic amines) is 1. The van der Waals surface area contributed by atoms with E-state index in [2.05, 4.69) is 5.32 Å². The summed E-state index contributed by atoms with van der Waals surface area (Å²) in [4.78, 5) is 40.9. The number of amides is 2. The summed E-state index contributed by atoms with van der Waals surface area (Å²) in [5.41, 5.74) is 2.11. The number of hydrogen-bond donors (Lipinski definition) is 1. The lowest BCUT2D eigenvalue weighted by atomic mass is 9.83. The average Bonchev–Trinajstić information content (AvgIpc) is 2.85. The second kappa shape index (κ2) is 9.72. The molecule has 2 aliphatic rings. The summed E-state index contributed by atoms with van der Waals surface area (Å²) in [6.45, 7) is 1.56. The second-order valence-electron chi connectivity index (χ2n) is 8.95. The molecule has 8 heteroatoms. The fourth-order valence-electron chi connectivity index (χ4n) is 4.94. The predicted octanol–water partition coefficient (Wildman–Crippen LogP) is 4.57. The normalized spacial score (nSPS) is 19.1. The third kappa shape index (κ3) is 4.90. The van der Waals surface area contributed by atoms with Gasteiger partial charge in [0.25, 0.3) is 17.4 Å². The number of benzene rings is 2. The first-order valence-electron chi connectivity index (χ1n) is 11.4. The Bertz CT molecular complexity index is 1380. The van der Waals surface area contributed by atoms with Crippen LogP contribution in [0.15, 0.2) is 77.2 Å². The van der Waals surface area contributed by atoms with Gasteiger partial charge in [-0.2, -0.15) is 0 Å². The molecule has 0 unspecified atom stereocenters. The van der Waals surface area contributed by atoms with Crippen molar-refractivity contribution >= 4 is 41.1 Å². The second-order valence-corrected chi connectivity index (χ2v) is 9.80. The number of pyridine rings is 1. The molecule has 0 spiro atoms. The minimum absolute atomic E-state index is 0.00713. The van der Waals surface area contributed by atoms with Gasteiger partial charge in [0, 0.05) is 42.3 Å². The maximum absolute atomic E-state index is 13.7. The average molecular weight is 508 g/mol. The number of piperidine rings is 1. The highest BCUT2D eigenvalue weighted by Gasteiger charge is 2.37. The lowest BCUT2D eigenvalue weighted by Crippen LogP contribution is -2.50. The molecule has 6 nitrogen and oxygen atoms in total. The van der Waals surface area contributed by atoms with Gasteiger partial charge in [-0.1, -0.05) is 53.5 Å². The molecule has 2 aliphatic heterocycles. The summed E-state index contributed by atoms with van der Waals surface area (Å²) < 4.78 is 1.82. The number of nitrogens with zero attached hydrogens (tertiary/aromatic N) is 2. The van der Waals surface area contributed by atoms with Crippen LogP contribution in [0.3, 0.4) is 0 Å². The standard InChI is InChI=1S/C27H23Cl2N3O3/c28-20-10-8-17(9-11-20)13-23(30-26(34)21-4-1-2-5-22(21)29)27(35)31-14-18-12-19(16-31)24-6-3-7-25(33)32(24)15-18/h1-11,13,18-19H,12,14-16H2,(H,30,34)/b23-13-/t18-,19+/m1/s1. The largest absolute Gasteiger partial charge is 0.336 e. The van der Waals surface area contributed by atoms with Crippen LogP contribution in [0.2, 0.25) is 10.0 Å². The number of rotatable bonds is 4. The molecule has 35 heavy (non-hydrogen) atoms. The fourth-order valence-corrected chi connectivity index (χ4v) is 5.29. The first-order chi connectivity index (χ1) is 16.9. The predicted molar refractivity (Wildman–Crippen MR) is 136 cm³/mol. The molecule has 0 saturated carbocycles. The summed E-state index contributed by atoms with van der Waals surface area (Å²) in [5, 5.41) is 3.67. The molecule has 1 aromatic heterocycles. The van der Waals surface area contributed by atoms with Crippen molar-refractivity contribution in [2.75, 3.05) is 13.1 Å². The zero-order valence-corrected chi connectivity index (χ0v) is 20.3. The van der Waals surface area contributed by atoms with Crippen molar-refractivity contribution in [3.05, 3.63) is 110 Å². The molecule has 1 N–H and O–H groups in total. The number of aromatic nitrogens is 1. The third-order valence-electron chi connectivity index (χ3n) is 6.55. The van der Waals surface area contributed by atoms with E-state index in [1.165, 1.54) is 0 Å². The van der Waals surface area contributed by atoms with Crippen molar-refractivity contribution < 1.29 is 9.59 Å². The van der Waals surface area contributed by atoms with Crippen molar-refractivity contribution in [3.8, 4) is 0 Å². The fraction of sp³-hybridized carbons (Fsp3) is 0.222. The molecule has 0 aliphatic carbocycles. The highest BCUT2D eigenvalue weighted by Crippen LogP contribution is 2.35. The molecule has 5 rings (SSSR count). The topological polar surface area (TPSA) is 71.4 Å². The molecule has 2 amide bonds. The zero-order valence-electron chi connectivity index (χ0n) is 18.8. The van der Waals surface area contributed by atoms with Crippen molar-refractivity contribution in [2.45, 2.75) is 18.9 Å². The van der Waals surface area contributed by atoms with E-state index in [4.69, 9.17) is 23.2 Å². The maximum atomic E-state index is 13.7. The van der Waals surface area contributed by atoms with Crippen molar-refractivity contribution in [1.29, 1.82) is 0 Å². The molecule has 0 radical (unpaired) electrons. The SMILES string of the molecule is O=C(N/C(=C\c1ccc(Cl)cc1)C(=O)N1C[C@H]2C[C@@H](C1)c1cccc(=O)n1C2)c1ccccc1Cl. The third-order valence-corrected chi connectivity index (χ3v) is 7.13. The van der Waals surface area contributed by atoms with Gasteiger partial charge in [-0.15, -0.1) is 0 Å². The first kappa shape index (κ1) is 23.4. The molecule has 3 aromatic rings. The van der Waals surface area contributed by atoms with Gasteiger partial charge in [0.05, 0.1) is 10.6 Å².